The van der Waals surface area contributed by atoms with Crippen molar-refractivity contribution in [1.29, 1.82) is 0 Å². The Morgan fingerprint density at radius 1 is 1.56 bits per heavy atom. The minimum atomic E-state index is -0.0655. The van der Waals surface area contributed by atoms with Gasteiger partial charge < -0.3 is 14.6 Å². The molecule has 18 heavy (non-hydrogen) atoms. The lowest BCUT2D eigenvalue weighted by Gasteiger charge is -2.32. The van der Waals surface area contributed by atoms with Gasteiger partial charge in [-0.3, -0.25) is 9.59 Å². The molecule has 0 saturated carbocycles. The number of carbonyl (C=O) groups is 2. The Labute approximate surface area is 106 Å². The third-order valence-corrected chi connectivity index (χ3v) is 3.20. The largest absolute Gasteiger partial charge is 0.375 e. The number of ketones is 1. The molecule has 98 valence electrons. The van der Waals surface area contributed by atoms with Crippen molar-refractivity contribution in [3.63, 3.8) is 0 Å². The summed E-state index contributed by atoms with van der Waals surface area (Å²) in [5.74, 6) is -0.108. The molecule has 1 N–H and O–H groups in total. The molecule has 0 spiro atoms. The molecule has 2 heterocycles. The summed E-state index contributed by atoms with van der Waals surface area (Å²) in [7, 11) is 0. The molecule has 1 saturated heterocycles. The Bertz CT molecular complexity index is 453. The van der Waals surface area contributed by atoms with Gasteiger partial charge in [-0.25, -0.2) is 0 Å². The second kappa shape index (κ2) is 5.35. The van der Waals surface area contributed by atoms with E-state index in [9.17, 15) is 9.59 Å². The second-order valence-corrected chi connectivity index (χ2v) is 4.51. The number of rotatable bonds is 3. The summed E-state index contributed by atoms with van der Waals surface area (Å²) < 4.78 is 5.53. The van der Waals surface area contributed by atoms with Crippen molar-refractivity contribution in [3.8, 4) is 0 Å². The second-order valence-electron chi connectivity index (χ2n) is 4.51. The number of hydrogen-bond donors (Lipinski definition) is 1. The van der Waals surface area contributed by atoms with E-state index in [4.69, 9.17) is 4.74 Å². The third-order valence-electron chi connectivity index (χ3n) is 3.20. The molecular weight excluding hydrogens is 232 g/mol. The minimum Gasteiger partial charge on any atom is -0.375 e. The van der Waals surface area contributed by atoms with Crippen molar-refractivity contribution in [2.45, 2.75) is 26.4 Å². The molecule has 0 bridgehead atoms. The van der Waals surface area contributed by atoms with Gasteiger partial charge in [0.05, 0.1) is 12.7 Å². The van der Waals surface area contributed by atoms with E-state index in [1.807, 2.05) is 6.92 Å². The number of aromatic nitrogens is 1. The predicted molar refractivity (Wildman–Crippen MR) is 66.7 cm³/mol. The van der Waals surface area contributed by atoms with Crippen molar-refractivity contribution in [2.75, 3.05) is 19.7 Å². The standard InChI is InChI=1S/C13H18N2O3/c1-3-11-8-15(4-5-18-11)13(17)12-6-10(7-14-12)9(2)16/h6-7,11,14H,3-5,8H2,1-2H3/t11-/m0/s1. The van der Waals surface area contributed by atoms with E-state index in [2.05, 4.69) is 4.98 Å². The summed E-state index contributed by atoms with van der Waals surface area (Å²) in [6.45, 7) is 5.32. The van der Waals surface area contributed by atoms with Crippen LogP contribution in [0.4, 0.5) is 0 Å². The fourth-order valence-corrected chi connectivity index (χ4v) is 2.04. The fourth-order valence-electron chi connectivity index (χ4n) is 2.04. The molecule has 0 radical (unpaired) electrons. The van der Waals surface area contributed by atoms with Crippen molar-refractivity contribution in [2.24, 2.45) is 0 Å². The Morgan fingerprint density at radius 3 is 2.94 bits per heavy atom. The summed E-state index contributed by atoms with van der Waals surface area (Å²) in [5.41, 5.74) is 1.01. The van der Waals surface area contributed by atoms with Crippen molar-refractivity contribution < 1.29 is 14.3 Å². The van der Waals surface area contributed by atoms with Gasteiger partial charge >= 0.3 is 0 Å². The number of carbonyl (C=O) groups excluding carboxylic acids is 2. The first-order chi connectivity index (χ1) is 8.61. The molecule has 1 atom stereocenters. The SMILES string of the molecule is CC[C@H]1CN(C(=O)c2cc(C(C)=O)c[nH]2)CCO1. The van der Waals surface area contributed by atoms with Crippen LogP contribution >= 0.6 is 0 Å². The number of ether oxygens (including phenoxy) is 1. The molecule has 1 aromatic rings. The van der Waals surface area contributed by atoms with Gasteiger partial charge in [-0.15, -0.1) is 0 Å². The monoisotopic (exact) mass is 250 g/mol. The Balaban J connectivity index is 2.07. The number of nitrogens with one attached hydrogen (secondary N) is 1. The molecule has 5 heteroatoms. The van der Waals surface area contributed by atoms with Crippen LogP contribution in [0.5, 0.6) is 0 Å². The molecule has 1 aliphatic rings. The number of morpholine rings is 1. The van der Waals surface area contributed by atoms with Crippen LogP contribution in [0, 0.1) is 0 Å². The summed E-state index contributed by atoms with van der Waals surface area (Å²) in [4.78, 5) is 28.1. The Hall–Kier alpha value is -1.62. The van der Waals surface area contributed by atoms with E-state index in [1.165, 1.54) is 6.92 Å². The number of Topliss-reactive ketones (excluding diaryl/α,β-unsaturated/α-hetero) is 1. The van der Waals surface area contributed by atoms with Gasteiger partial charge in [0.1, 0.15) is 5.69 Å². The van der Waals surface area contributed by atoms with E-state index in [0.29, 0.717) is 31.0 Å². The normalized spacial score (nSPS) is 19.9. The zero-order valence-corrected chi connectivity index (χ0v) is 10.7. The summed E-state index contributed by atoms with van der Waals surface area (Å²) in [5, 5.41) is 0. The molecule has 0 unspecified atom stereocenters. The van der Waals surface area contributed by atoms with Gasteiger partial charge in [-0.1, -0.05) is 6.92 Å². The molecule has 0 aromatic carbocycles. The summed E-state index contributed by atoms with van der Waals surface area (Å²) in [6.07, 6.45) is 2.59. The molecule has 0 aliphatic carbocycles. The lowest BCUT2D eigenvalue weighted by molar-refractivity contribution is -0.0227. The molecular formula is C13H18N2O3. The van der Waals surface area contributed by atoms with Crippen LogP contribution in [-0.2, 0) is 4.74 Å². The van der Waals surface area contributed by atoms with Crippen LogP contribution in [0.3, 0.4) is 0 Å². The predicted octanol–water partition coefficient (Wildman–Crippen LogP) is 1.47. The third kappa shape index (κ3) is 2.61. The maximum Gasteiger partial charge on any atom is 0.270 e. The highest BCUT2D eigenvalue weighted by molar-refractivity contribution is 5.99. The van der Waals surface area contributed by atoms with Gasteiger partial charge in [0.15, 0.2) is 5.78 Å². The number of nitrogens with zero attached hydrogens (tertiary/aromatic N) is 1. The Kier molecular flexibility index (Phi) is 3.81. The maximum atomic E-state index is 12.2. The van der Waals surface area contributed by atoms with Crippen molar-refractivity contribution in [3.05, 3.63) is 23.5 Å². The maximum absolute atomic E-state index is 12.2. The molecule has 5 nitrogen and oxygen atoms in total. The van der Waals surface area contributed by atoms with Crippen molar-refractivity contribution in [1.82, 2.24) is 9.88 Å². The number of aromatic amines is 1. The van der Waals surface area contributed by atoms with Gasteiger partial charge in [0.2, 0.25) is 0 Å². The average molecular weight is 250 g/mol. The number of amides is 1. The van der Waals surface area contributed by atoms with E-state index in [0.717, 1.165) is 6.42 Å². The van der Waals surface area contributed by atoms with Crippen molar-refractivity contribution >= 4 is 11.7 Å². The molecule has 1 amide bonds. The summed E-state index contributed by atoms with van der Waals surface area (Å²) >= 11 is 0. The minimum absolute atomic E-state index is 0.0429. The fraction of sp³-hybridized carbons (Fsp3) is 0.538. The van der Waals surface area contributed by atoms with E-state index in [-0.39, 0.29) is 17.8 Å². The lowest BCUT2D eigenvalue weighted by Crippen LogP contribution is -2.45. The quantitative estimate of drug-likeness (QED) is 0.826. The number of hydrogen-bond acceptors (Lipinski definition) is 3. The molecule has 1 fully saturated rings. The van der Waals surface area contributed by atoms with Gasteiger partial charge in [0.25, 0.3) is 5.91 Å². The average Bonchev–Trinajstić information content (AvgIpc) is 2.87. The number of H-pyrrole nitrogens is 1. The molecule has 1 aromatic heterocycles. The first-order valence-electron chi connectivity index (χ1n) is 6.22. The van der Waals surface area contributed by atoms with Gasteiger partial charge in [0, 0.05) is 24.8 Å². The van der Waals surface area contributed by atoms with Crippen LogP contribution in [0.15, 0.2) is 12.3 Å². The smallest absolute Gasteiger partial charge is 0.270 e. The first-order valence-corrected chi connectivity index (χ1v) is 6.22. The summed E-state index contributed by atoms with van der Waals surface area (Å²) in [6, 6.07) is 1.61. The van der Waals surface area contributed by atoms with Crippen LogP contribution in [0.1, 0.15) is 41.1 Å². The van der Waals surface area contributed by atoms with Gasteiger partial charge in [-0.2, -0.15) is 0 Å². The molecule has 2 rings (SSSR count). The lowest BCUT2D eigenvalue weighted by atomic mass is 10.2. The topological polar surface area (TPSA) is 62.4 Å². The first kappa shape index (κ1) is 12.8. The zero-order valence-electron chi connectivity index (χ0n) is 10.7. The van der Waals surface area contributed by atoms with Crippen LogP contribution < -0.4 is 0 Å². The Morgan fingerprint density at radius 2 is 2.33 bits per heavy atom. The van der Waals surface area contributed by atoms with E-state index in [1.54, 1.807) is 17.2 Å². The van der Waals surface area contributed by atoms with Crippen LogP contribution in [0.25, 0.3) is 0 Å². The highest BCUT2D eigenvalue weighted by Gasteiger charge is 2.24. The highest BCUT2D eigenvalue weighted by atomic mass is 16.5. The highest BCUT2D eigenvalue weighted by Crippen LogP contribution is 2.13. The van der Waals surface area contributed by atoms with Crippen LogP contribution in [0.2, 0.25) is 0 Å². The molecule has 1 aliphatic heterocycles. The zero-order chi connectivity index (χ0) is 13.1. The van der Waals surface area contributed by atoms with E-state index < -0.39 is 0 Å². The van der Waals surface area contributed by atoms with Gasteiger partial charge in [-0.05, 0) is 19.4 Å². The van der Waals surface area contributed by atoms with Crippen LogP contribution in [-0.4, -0.2) is 47.4 Å². The van der Waals surface area contributed by atoms with E-state index >= 15 is 0 Å².